The van der Waals surface area contributed by atoms with E-state index in [2.05, 4.69) is 4.74 Å². The van der Waals surface area contributed by atoms with Crippen molar-refractivity contribution in [3.05, 3.63) is 35.8 Å². The maximum atomic E-state index is 12.3. The van der Waals surface area contributed by atoms with Crippen LogP contribution >= 0.6 is 0 Å². The monoisotopic (exact) mass is 289 g/mol. The summed E-state index contributed by atoms with van der Waals surface area (Å²) >= 11 is 0. The third-order valence-corrected chi connectivity index (χ3v) is 3.96. The summed E-state index contributed by atoms with van der Waals surface area (Å²) in [5, 5.41) is 0. The number of ether oxygens (including phenoxy) is 1. The molecular weight excluding hydrogens is 274 g/mol. The Balaban J connectivity index is 1.76. The molecule has 1 aliphatic heterocycles. The zero-order valence-corrected chi connectivity index (χ0v) is 11.6. The summed E-state index contributed by atoms with van der Waals surface area (Å²) in [6.45, 7) is 0.0572. The van der Waals surface area contributed by atoms with Crippen LogP contribution in [0.1, 0.15) is 29.2 Å². The van der Waals surface area contributed by atoms with E-state index in [1.165, 1.54) is 18.1 Å². The highest BCUT2D eigenvalue weighted by atomic mass is 16.5. The first-order valence-electron chi connectivity index (χ1n) is 6.79. The van der Waals surface area contributed by atoms with E-state index in [1.807, 2.05) is 12.2 Å². The lowest BCUT2D eigenvalue weighted by atomic mass is 9.85. The SMILES string of the molecule is COC(=O)c1ccc(CN2C(=O)[C@H]3CC=CC[C@@H]3C2=O)o1. The van der Waals surface area contributed by atoms with Gasteiger partial charge in [0.2, 0.25) is 17.6 Å². The maximum absolute atomic E-state index is 12.3. The molecule has 0 saturated carbocycles. The molecule has 0 N–H and O–H groups in total. The number of hydrogen-bond donors (Lipinski definition) is 0. The number of carbonyl (C=O) groups excluding carboxylic acids is 3. The average molecular weight is 289 g/mol. The van der Waals surface area contributed by atoms with Crippen molar-refractivity contribution in [2.45, 2.75) is 19.4 Å². The van der Waals surface area contributed by atoms with E-state index in [9.17, 15) is 14.4 Å². The van der Waals surface area contributed by atoms with Crippen molar-refractivity contribution in [1.29, 1.82) is 0 Å². The van der Waals surface area contributed by atoms with Gasteiger partial charge in [-0.1, -0.05) is 12.2 Å². The minimum Gasteiger partial charge on any atom is -0.463 e. The molecule has 0 bridgehead atoms. The van der Waals surface area contributed by atoms with Crippen LogP contribution in [0.25, 0.3) is 0 Å². The number of nitrogens with zero attached hydrogens (tertiary/aromatic N) is 1. The van der Waals surface area contributed by atoms with Crippen LogP contribution in [-0.4, -0.2) is 29.8 Å². The molecule has 1 aromatic heterocycles. The first-order chi connectivity index (χ1) is 10.1. The Morgan fingerprint density at radius 2 is 1.86 bits per heavy atom. The summed E-state index contributed by atoms with van der Waals surface area (Å²) in [5.74, 6) is -0.960. The molecule has 2 heterocycles. The normalized spacial score (nSPS) is 24.3. The second-order valence-electron chi connectivity index (χ2n) is 5.18. The molecule has 3 rings (SSSR count). The quantitative estimate of drug-likeness (QED) is 0.479. The number of amides is 2. The van der Waals surface area contributed by atoms with Gasteiger partial charge in [-0.2, -0.15) is 0 Å². The molecule has 0 spiro atoms. The summed E-state index contributed by atoms with van der Waals surface area (Å²) in [4.78, 5) is 37.1. The molecule has 2 amide bonds. The van der Waals surface area contributed by atoms with Crippen LogP contribution in [0.5, 0.6) is 0 Å². The maximum Gasteiger partial charge on any atom is 0.373 e. The second kappa shape index (κ2) is 5.20. The molecule has 0 radical (unpaired) electrons. The standard InChI is InChI=1S/C15H15NO5/c1-20-15(19)12-7-6-9(21-12)8-16-13(17)10-4-2-3-5-11(10)14(16)18/h2-3,6-7,10-11H,4-5,8H2,1H3/t10-,11-/m0/s1. The molecule has 6 nitrogen and oxygen atoms in total. The van der Waals surface area contributed by atoms with Gasteiger partial charge < -0.3 is 9.15 Å². The predicted molar refractivity (Wildman–Crippen MR) is 71.0 cm³/mol. The molecule has 2 aliphatic rings. The Hall–Kier alpha value is -2.37. The lowest BCUT2D eigenvalue weighted by Gasteiger charge is -2.14. The summed E-state index contributed by atoms with van der Waals surface area (Å²) in [7, 11) is 1.26. The molecule has 1 saturated heterocycles. The fourth-order valence-corrected chi connectivity index (χ4v) is 2.85. The number of furan rings is 1. The molecule has 1 fully saturated rings. The number of carbonyl (C=O) groups is 3. The lowest BCUT2D eigenvalue weighted by molar-refractivity contribution is -0.140. The van der Waals surface area contributed by atoms with Gasteiger partial charge in [0.25, 0.3) is 0 Å². The second-order valence-corrected chi connectivity index (χ2v) is 5.18. The fourth-order valence-electron chi connectivity index (χ4n) is 2.85. The molecule has 6 heteroatoms. The van der Waals surface area contributed by atoms with Crippen LogP contribution in [0.2, 0.25) is 0 Å². The number of imide groups is 1. The van der Waals surface area contributed by atoms with Crippen molar-refractivity contribution in [3.8, 4) is 0 Å². The van der Waals surface area contributed by atoms with Crippen LogP contribution in [0.3, 0.4) is 0 Å². The van der Waals surface area contributed by atoms with E-state index >= 15 is 0 Å². The van der Waals surface area contributed by atoms with Crippen LogP contribution < -0.4 is 0 Å². The third-order valence-electron chi connectivity index (χ3n) is 3.96. The molecule has 2 atom stereocenters. The predicted octanol–water partition coefficient (Wildman–Crippen LogP) is 1.52. The van der Waals surface area contributed by atoms with E-state index < -0.39 is 5.97 Å². The van der Waals surface area contributed by atoms with Crippen molar-refractivity contribution < 1.29 is 23.5 Å². The summed E-state index contributed by atoms with van der Waals surface area (Å²) in [6, 6.07) is 3.05. The largest absolute Gasteiger partial charge is 0.463 e. The summed E-state index contributed by atoms with van der Waals surface area (Å²) in [6.07, 6.45) is 5.10. The fraction of sp³-hybridized carbons (Fsp3) is 0.400. The Bertz CT molecular complexity index is 604. The zero-order chi connectivity index (χ0) is 15.0. The highest BCUT2D eigenvalue weighted by Crippen LogP contribution is 2.35. The first-order valence-corrected chi connectivity index (χ1v) is 6.79. The highest BCUT2D eigenvalue weighted by molar-refractivity contribution is 6.05. The molecule has 1 aromatic rings. The van der Waals surface area contributed by atoms with Gasteiger partial charge in [0, 0.05) is 0 Å². The number of allylic oxidation sites excluding steroid dienone is 2. The van der Waals surface area contributed by atoms with Gasteiger partial charge >= 0.3 is 5.97 Å². The van der Waals surface area contributed by atoms with Gasteiger partial charge in [-0.3, -0.25) is 14.5 Å². The summed E-state index contributed by atoms with van der Waals surface area (Å²) in [5.41, 5.74) is 0. The molecule has 0 unspecified atom stereocenters. The zero-order valence-electron chi connectivity index (χ0n) is 11.6. The number of esters is 1. The van der Waals surface area contributed by atoms with E-state index in [4.69, 9.17) is 4.42 Å². The van der Waals surface area contributed by atoms with Gasteiger partial charge in [0.1, 0.15) is 5.76 Å². The van der Waals surface area contributed by atoms with Gasteiger partial charge in [0.05, 0.1) is 25.5 Å². The number of likely N-dealkylation sites (tertiary alicyclic amines) is 1. The van der Waals surface area contributed by atoms with Gasteiger partial charge in [-0.15, -0.1) is 0 Å². The number of hydrogen-bond acceptors (Lipinski definition) is 5. The minimum atomic E-state index is -0.585. The molecular formula is C15H15NO5. The lowest BCUT2D eigenvalue weighted by Crippen LogP contribution is -2.30. The number of methoxy groups -OCH3 is 1. The van der Waals surface area contributed by atoms with E-state index in [1.54, 1.807) is 6.07 Å². The van der Waals surface area contributed by atoms with Crippen LogP contribution in [0.15, 0.2) is 28.7 Å². The Morgan fingerprint density at radius 3 is 2.43 bits per heavy atom. The van der Waals surface area contributed by atoms with E-state index in [0.29, 0.717) is 18.6 Å². The van der Waals surface area contributed by atoms with Crippen molar-refractivity contribution in [1.82, 2.24) is 4.90 Å². The molecule has 1 aliphatic carbocycles. The number of fused-ring (bicyclic) bond motifs is 1. The Morgan fingerprint density at radius 1 is 1.24 bits per heavy atom. The van der Waals surface area contributed by atoms with Crippen LogP contribution in [-0.2, 0) is 20.9 Å². The smallest absolute Gasteiger partial charge is 0.373 e. The molecule has 0 aromatic carbocycles. The Labute approximate surface area is 121 Å². The third kappa shape index (κ3) is 2.26. The topological polar surface area (TPSA) is 76.8 Å². The minimum absolute atomic E-state index is 0.0572. The van der Waals surface area contributed by atoms with Gasteiger partial charge in [0.15, 0.2) is 0 Å². The van der Waals surface area contributed by atoms with Crippen LogP contribution in [0.4, 0.5) is 0 Å². The Kier molecular flexibility index (Phi) is 3.37. The highest BCUT2D eigenvalue weighted by Gasteiger charge is 2.47. The molecule has 21 heavy (non-hydrogen) atoms. The van der Waals surface area contributed by atoms with E-state index in [-0.39, 0.29) is 36.0 Å². The van der Waals surface area contributed by atoms with Crippen molar-refractivity contribution in [2.24, 2.45) is 11.8 Å². The average Bonchev–Trinajstić information content (AvgIpc) is 3.07. The first kappa shape index (κ1) is 13.6. The molecule has 110 valence electrons. The van der Waals surface area contributed by atoms with Crippen LogP contribution in [0, 0.1) is 11.8 Å². The van der Waals surface area contributed by atoms with Crippen molar-refractivity contribution in [3.63, 3.8) is 0 Å². The van der Waals surface area contributed by atoms with Gasteiger partial charge in [-0.05, 0) is 25.0 Å². The van der Waals surface area contributed by atoms with E-state index in [0.717, 1.165) is 0 Å². The summed E-state index contributed by atoms with van der Waals surface area (Å²) < 4.78 is 9.86. The van der Waals surface area contributed by atoms with Crippen molar-refractivity contribution >= 4 is 17.8 Å². The van der Waals surface area contributed by atoms with Crippen molar-refractivity contribution in [2.75, 3.05) is 7.11 Å². The number of rotatable bonds is 3. The van der Waals surface area contributed by atoms with Gasteiger partial charge in [-0.25, -0.2) is 4.79 Å².